The lowest BCUT2D eigenvalue weighted by Crippen LogP contribution is -2.15. The highest BCUT2D eigenvalue weighted by molar-refractivity contribution is 7.90. The van der Waals surface area contributed by atoms with Gasteiger partial charge in [0.15, 0.2) is 0 Å². The molecule has 1 rings (SSSR count). The lowest BCUT2D eigenvalue weighted by atomic mass is 10.0. The van der Waals surface area contributed by atoms with Gasteiger partial charge in [0.1, 0.15) is 15.6 Å². The Balaban J connectivity index is 2.68. The first-order chi connectivity index (χ1) is 8.79. The van der Waals surface area contributed by atoms with Crippen molar-refractivity contribution in [1.82, 2.24) is 0 Å². The predicted octanol–water partition coefficient (Wildman–Crippen LogP) is 2.11. The Labute approximate surface area is 111 Å². The predicted molar refractivity (Wildman–Crippen MR) is 68.9 cm³/mol. The van der Waals surface area contributed by atoms with E-state index in [1.54, 1.807) is 18.2 Å². The van der Waals surface area contributed by atoms with Gasteiger partial charge in [0.05, 0.1) is 0 Å². The van der Waals surface area contributed by atoms with Gasteiger partial charge in [-0.15, -0.1) is 0 Å². The molecular weight excluding hydrogens is 276 g/mol. The molecule has 0 aromatic heterocycles. The molecule has 0 saturated heterocycles. The third-order valence-corrected chi connectivity index (χ3v) is 3.60. The van der Waals surface area contributed by atoms with E-state index >= 15 is 0 Å². The van der Waals surface area contributed by atoms with Gasteiger partial charge >= 0.3 is 6.61 Å². The number of benzene rings is 1. The number of hydrogen-bond acceptors (Lipinski definition) is 4. The van der Waals surface area contributed by atoms with Crippen LogP contribution in [0.1, 0.15) is 24.4 Å². The lowest BCUT2D eigenvalue weighted by molar-refractivity contribution is -0.0506. The Bertz CT molecular complexity index is 505. The van der Waals surface area contributed by atoms with Gasteiger partial charge in [-0.2, -0.15) is 8.78 Å². The Hall–Kier alpha value is -1.21. The Kier molecular flexibility index (Phi) is 5.68. The van der Waals surface area contributed by atoms with Gasteiger partial charge in [0, 0.05) is 23.6 Å². The fraction of sp³-hybridized carbons (Fsp3) is 0.500. The van der Waals surface area contributed by atoms with Crippen molar-refractivity contribution < 1.29 is 21.9 Å². The van der Waals surface area contributed by atoms with Crippen LogP contribution in [0.5, 0.6) is 5.75 Å². The second kappa shape index (κ2) is 6.81. The van der Waals surface area contributed by atoms with Crippen molar-refractivity contribution in [2.45, 2.75) is 25.5 Å². The van der Waals surface area contributed by atoms with Crippen molar-refractivity contribution in [2.75, 3.05) is 12.0 Å². The van der Waals surface area contributed by atoms with E-state index in [1.807, 2.05) is 0 Å². The zero-order valence-corrected chi connectivity index (χ0v) is 11.4. The molecule has 1 aromatic rings. The summed E-state index contributed by atoms with van der Waals surface area (Å²) in [5.74, 6) is 0.0582. The molecule has 0 radical (unpaired) electrons. The summed E-state index contributed by atoms with van der Waals surface area (Å²) in [5, 5.41) is 0. The standard InChI is InChI=1S/C12H17F2NO3S/c1-19(16,17)8-4-6-10(15)9-5-2-3-7-11(9)18-12(13)14/h2-3,5,7,10,12H,4,6,8,15H2,1H3. The van der Waals surface area contributed by atoms with Gasteiger partial charge in [-0.25, -0.2) is 8.42 Å². The average molecular weight is 293 g/mol. The molecule has 0 aliphatic carbocycles. The van der Waals surface area contributed by atoms with E-state index in [9.17, 15) is 17.2 Å². The van der Waals surface area contributed by atoms with Gasteiger partial charge in [-0.05, 0) is 18.9 Å². The van der Waals surface area contributed by atoms with E-state index in [4.69, 9.17) is 5.73 Å². The second-order valence-electron chi connectivity index (χ2n) is 4.29. The van der Waals surface area contributed by atoms with Crippen LogP contribution in [0.2, 0.25) is 0 Å². The van der Waals surface area contributed by atoms with Gasteiger partial charge < -0.3 is 10.5 Å². The summed E-state index contributed by atoms with van der Waals surface area (Å²) < 4.78 is 50.8. The van der Waals surface area contributed by atoms with Crippen molar-refractivity contribution in [2.24, 2.45) is 5.73 Å². The zero-order chi connectivity index (χ0) is 14.5. The number of para-hydroxylation sites is 1. The Morgan fingerprint density at radius 1 is 1.32 bits per heavy atom. The van der Waals surface area contributed by atoms with E-state index in [0.29, 0.717) is 18.4 Å². The molecule has 0 bridgehead atoms. The maximum absolute atomic E-state index is 12.2. The van der Waals surface area contributed by atoms with E-state index in [0.717, 1.165) is 6.26 Å². The lowest BCUT2D eigenvalue weighted by Gasteiger charge is -2.16. The van der Waals surface area contributed by atoms with Crippen LogP contribution in [0.25, 0.3) is 0 Å². The Morgan fingerprint density at radius 2 is 1.95 bits per heavy atom. The highest BCUT2D eigenvalue weighted by atomic mass is 32.2. The molecule has 108 valence electrons. The quantitative estimate of drug-likeness (QED) is 0.836. The van der Waals surface area contributed by atoms with E-state index in [-0.39, 0.29) is 11.5 Å². The number of ether oxygens (including phenoxy) is 1. The average Bonchev–Trinajstić information content (AvgIpc) is 2.27. The van der Waals surface area contributed by atoms with E-state index in [1.165, 1.54) is 6.07 Å². The third-order valence-electron chi connectivity index (χ3n) is 2.56. The minimum atomic E-state index is -3.04. The van der Waals surface area contributed by atoms with Crippen LogP contribution < -0.4 is 10.5 Å². The summed E-state index contributed by atoms with van der Waals surface area (Å²) in [5.41, 5.74) is 6.34. The Morgan fingerprint density at radius 3 is 2.53 bits per heavy atom. The van der Waals surface area contributed by atoms with Crippen LogP contribution in [0.15, 0.2) is 24.3 Å². The zero-order valence-electron chi connectivity index (χ0n) is 10.6. The molecule has 0 spiro atoms. The summed E-state index contributed by atoms with van der Waals surface area (Å²) in [6.45, 7) is -2.91. The number of sulfone groups is 1. The number of hydrogen-bond donors (Lipinski definition) is 1. The molecule has 0 fully saturated rings. The monoisotopic (exact) mass is 293 g/mol. The number of nitrogens with two attached hydrogens (primary N) is 1. The molecular formula is C12H17F2NO3S. The second-order valence-corrected chi connectivity index (χ2v) is 6.55. The van der Waals surface area contributed by atoms with Gasteiger partial charge in [0.2, 0.25) is 0 Å². The normalized spacial score (nSPS) is 13.5. The van der Waals surface area contributed by atoms with Crippen molar-refractivity contribution >= 4 is 9.84 Å². The maximum Gasteiger partial charge on any atom is 0.387 e. The molecule has 4 nitrogen and oxygen atoms in total. The minimum Gasteiger partial charge on any atom is -0.434 e. The molecule has 2 N–H and O–H groups in total. The molecule has 19 heavy (non-hydrogen) atoms. The fourth-order valence-corrected chi connectivity index (χ4v) is 2.40. The first kappa shape index (κ1) is 15.8. The van der Waals surface area contributed by atoms with Crippen molar-refractivity contribution in [3.05, 3.63) is 29.8 Å². The van der Waals surface area contributed by atoms with Gasteiger partial charge in [-0.1, -0.05) is 18.2 Å². The number of halogens is 2. The SMILES string of the molecule is CS(=O)(=O)CCCC(N)c1ccccc1OC(F)F. The molecule has 1 unspecified atom stereocenters. The summed E-state index contributed by atoms with van der Waals surface area (Å²) in [6, 6.07) is 5.73. The molecule has 1 atom stereocenters. The van der Waals surface area contributed by atoms with Crippen LogP contribution in [-0.2, 0) is 9.84 Å². The van der Waals surface area contributed by atoms with Gasteiger partial charge in [-0.3, -0.25) is 0 Å². The summed E-state index contributed by atoms with van der Waals surface area (Å²) >= 11 is 0. The highest BCUT2D eigenvalue weighted by Crippen LogP contribution is 2.27. The van der Waals surface area contributed by atoms with Gasteiger partial charge in [0.25, 0.3) is 0 Å². The largest absolute Gasteiger partial charge is 0.434 e. The number of rotatable bonds is 7. The molecule has 1 aromatic carbocycles. The highest BCUT2D eigenvalue weighted by Gasteiger charge is 2.15. The minimum absolute atomic E-state index is 0.0264. The van der Waals surface area contributed by atoms with Crippen LogP contribution in [0.4, 0.5) is 8.78 Å². The van der Waals surface area contributed by atoms with Crippen molar-refractivity contribution in [3.63, 3.8) is 0 Å². The molecule has 0 amide bonds. The van der Waals surface area contributed by atoms with Crippen LogP contribution in [0, 0.1) is 0 Å². The first-order valence-corrected chi connectivity index (χ1v) is 7.82. The smallest absolute Gasteiger partial charge is 0.387 e. The first-order valence-electron chi connectivity index (χ1n) is 5.76. The van der Waals surface area contributed by atoms with Crippen molar-refractivity contribution in [3.8, 4) is 5.75 Å². The van der Waals surface area contributed by atoms with Crippen LogP contribution in [-0.4, -0.2) is 27.0 Å². The van der Waals surface area contributed by atoms with Crippen LogP contribution in [0.3, 0.4) is 0 Å². The number of alkyl halides is 2. The van der Waals surface area contributed by atoms with E-state index < -0.39 is 22.5 Å². The third kappa shape index (κ3) is 5.98. The molecule has 0 aliphatic rings. The molecule has 7 heteroatoms. The van der Waals surface area contributed by atoms with E-state index in [2.05, 4.69) is 4.74 Å². The summed E-state index contributed by atoms with van der Waals surface area (Å²) in [6.07, 6.45) is 1.91. The molecule has 0 aliphatic heterocycles. The molecule has 0 saturated carbocycles. The topological polar surface area (TPSA) is 69.4 Å². The van der Waals surface area contributed by atoms with Crippen molar-refractivity contribution in [1.29, 1.82) is 0 Å². The molecule has 0 heterocycles. The maximum atomic E-state index is 12.2. The summed E-state index contributed by atoms with van der Waals surface area (Å²) in [4.78, 5) is 0. The summed E-state index contributed by atoms with van der Waals surface area (Å²) in [7, 11) is -3.04. The fourth-order valence-electron chi connectivity index (χ4n) is 1.71. The van der Waals surface area contributed by atoms with Crippen LogP contribution >= 0.6 is 0 Å².